The van der Waals surface area contributed by atoms with Gasteiger partial charge in [0.2, 0.25) is 15.9 Å². The van der Waals surface area contributed by atoms with Gasteiger partial charge in [0.1, 0.15) is 5.75 Å². The molecular weight excluding hydrogens is 376 g/mol. The molecule has 3 aromatic rings. The van der Waals surface area contributed by atoms with Crippen LogP contribution in [0.1, 0.15) is 12.5 Å². The van der Waals surface area contributed by atoms with Crippen molar-refractivity contribution in [2.75, 3.05) is 12.4 Å². The topological polar surface area (TPSA) is 84.5 Å². The average Bonchev–Trinajstić information content (AvgIpc) is 2.67. The fourth-order valence-electron chi connectivity index (χ4n) is 2.85. The Labute approximate surface area is 164 Å². The Morgan fingerprint density at radius 1 is 1.00 bits per heavy atom. The second-order valence-electron chi connectivity index (χ2n) is 6.54. The summed E-state index contributed by atoms with van der Waals surface area (Å²) in [6.45, 7) is 3.39. The van der Waals surface area contributed by atoms with E-state index in [9.17, 15) is 13.2 Å². The number of benzene rings is 3. The smallest absolute Gasteiger partial charge is 0.242 e. The largest absolute Gasteiger partial charge is 0.495 e. The Kier molecular flexibility index (Phi) is 5.67. The molecule has 0 bridgehead atoms. The number of fused-ring (bicyclic) bond motifs is 1. The second-order valence-corrected chi connectivity index (χ2v) is 8.26. The van der Waals surface area contributed by atoms with Gasteiger partial charge in [-0.05, 0) is 54.4 Å². The molecule has 0 fully saturated rings. The number of sulfonamides is 1. The van der Waals surface area contributed by atoms with Crippen LogP contribution in [0, 0.1) is 6.92 Å². The van der Waals surface area contributed by atoms with Crippen molar-refractivity contribution < 1.29 is 17.9 Å². The van der Waals surface area contributed by atoms with Crippen LogP contribution >= 0.6 is 0 Å². The summed E-state index contributed by atoms with van der Waals surface area (Å²) < 4.78 is 33.1. The highest BCUT2D eigenvalue weighted by Crippen LogP contribution is 2.25. The molecule has 0 saturated heterocycles. The fraction of sp³-hybridized carbons (Fsp3) is 0.190. The lowest BCUT2D eigenvalue weighted by Gasteiger charge is -2.16. The minimum absolute atomic E-state index is 0.110. The summed E-state index contributed by atoms with van der Waals surface area (Å²) in [5.41, 5.74) is 1.43. The molecule has 0 aliphatic heterocycles. The summed E-state index contributed by atoms with van der Waals surface area (Å²) in [4.78, 5) is 12.6. The molecule has 0 aromatic heterocycles. The Morgan fingerprint density at radius 3 is 2.43 bits per heavy atom. The van der Waals surface area contributed by atoms with Gasteiger partial charge in [0.15, 0.2) is 0 Å². The summed E-state index contributed by atoms with van der Waals surface area (Å²) in [5, 5.41) is 4.47. The molecule has 0 aliphatic carbocycles. The number of rotatable bonds is 6. The highest BCUT2D eigenvalue weighted by Gasteiger charge is 2.23. The van der Waals surface area contributed by atoms with Gasteiger partial charge in [-0.15, -0.1) is 0 Å². The first-order chi connectivity index (χ1) is 13.3. The number of amides is 1. The van der Waals surface area contributed by atoms with Crippen LogP contribution in [0.3, 0.4) is 0 Å². The molecule has 1 amide bonds. The summed E-state index contributed by atoms with van der Waals surface area (Å²) in [7, 11) is -2.35. The molecule has 146 valence electrons. The number of carbonyl (C=O) groups excluding carboxylic acids is 1. The van der Waals surface area contributed by atoms with E-state index in [-0.39, 0.29) is 4.90 Å². The summed E-state index contributed by atoms with van der Waals surface area (Å²) in [6, 6.07) is 16.7. The van der Waals surface area contributed by atoms with Crippen molar-refractivity contribution in [2.24, 2.45) is 0 Å². The van der Waals surface area contributed by atoms with E-state index in [2.05, 4.69) is 10.0 Å². The van der Waals surface area contributed by atoms with Crippen molar-refractivity contribution in [3.8, 4) is 5.75 Å². The number of carbonyl (C=O) groups is 1. The maximum atomic E-state index is 12.7. The third-order valence-corrected chi connectivity index (χ3v) is 5.91. The van der Waals surface area contributed by atoms with Gasteiger partial charge >= 0.3 is 0 Å². The van der Waals surface area contributed by atoms with Gasteiger partial charge < -0.3 is 10.1 Å². The summed E-state index contributed by atoms with van der Waals surface area (Å²) >= 11 is 0. The molecule has 0 aliphatic rings. The molecule has 1 atom stereocenters. The monoisotopic (exact) mass is 398 g/mol. The molecule has 0 heterocycles. The SMILES string of the molecule is COc1ccc(C)cc1NC(=O)[C@H](C)NS(=O)(=O)c1ccc2ccccc2c1. The Balaban J connectivity index is 1.77. The molecule has 0 saturated carbocycles. The van der Waals surface area contributed by atoms with Gasteiger partial charge in [-0.2, -0.15) is 4.72 Å². The standard InChI is InChI=1S/C21H22N2O4S/c1-14-8-11-20(27-3)19(12-14)22-21(24)15(2)23-28(25,26)18-10-9-16-6-4-5-7-17(16)13-18/h4-13,15,23H,1-3H3,(H,22,24)/t15-/m0/s1. The van der Waals surface area contributed by atoms with E-state index < -0.39 is 22.0 Å². The van der Waals surface area contributed by atoms with Crippen molar-refractivity contribution in [3.05, 3.63) is 66.2 Å². The van der Waals surface area contributed by atoms with E-state index in [4.69, 9.17) is 4.74 Å². The third kappa shape index (κ3) is 4.32. The number of ether oxygens (including phenoxy) is 1. The first-order valence-corrected chi connectivity index (χ1v) is 10.2. The predicted octanol–water partition coefficient (Wildman–Crippen LogP) is 3.46. The lowest BCUT2D eigenvalue weighted by atomic mass is 10.1. The molecular formula is C21H22N2O4S. The molecule has 0 spiro atoms. The Morgan fingerprint density at radius 2 is 1.71 bits per heavy atom. The zero-order valence-corrected chi connectivity index (χ0v) is 16.7. The molecule has 6 nitrogen and oxygen atoms in total. The minimum atomic E-state index is -3.85. The Hall–Kier alpha value is -2.90. The molecule has 0 radical (unpaired) electrons. The van der Waals surface area contributed by atoms with Crippen molar-refractivity contribution in [3.63, 3.8) is 0 Å². The lowest BCUT2D eigenvalue weighted by Crippen LogP contribution is -2.41. The highest BCUT2D eigenvalue weighted by molar-refractivity contribution is 7.89. The Bertz CT molecular complexity index is 1130. The lowest BCUT2D eigenvalue weighted by molar-refractivity contribution is -0.117. The summed E-state index contributed by atoms with van der Waals surface area (Å²) in [6.07, 6.45) is 0. The molecule has 3 rings (SSSR count). The van der Waals surface area contributed by atoms with E-state index in [0.29, 0.717) is 11.4 Å². The molecule has 28 heavy (non-hydrogen) atoms. The summed E-state index contributed by atoms with van der Waals surface area (Å²) in [5.74, 6) is 0.0248. The van der Waals surface area contributed by atoms with Crippen LogP contribution in [0.2, 0.25) is 0 Å². The number of methoxy groups -OCH3 is 1. The van der Waals surface area contributed by atoms with Gasteiger partial charge in [0, 0.05) is 0 Å². The van der Waals surface area contributed by atoms with Crippen LogP contribution in [-0.4, -0.2) is 27.5 Å². The van der Waals surface area contributed by atoms with Gasteiger partial charge in [0.05, 0.1) is 23.7 Å². The van der Waals surface area contributed by atoms with Crippen molar-refractivity contribution in [2.45, 2.75) is 24.8 Å². The first kappa shape index (κ1) is 19.9. The van der Waals surface area contributed by atoms with Crippen molar-refractivity contribution >= 4 is 32.4 Å². The fourth-order valence-corrected chi connectivity index (χ4v) is 4.09. The maximum Gasteiger partial charge on any atom is 0.242 e. The second kappa shape index (κ2) is 8.00. The van der Waals surface area contributed by atoms with E-state index in [1.807, 2.05) is 37.3 Å². The van der Waals surface area contributed by atoms with Crippen LogP contribution in [-0.2, 0) is 14.8 Å². The van der Waals surface area contributed by atoms with Gasteiger partial charge in [-0.1, -0.05) is 36.4 Å². The third-order valence-electron chi connectivity index (χ3n) is 4.37. The average molecular weight is 398 g/mol. The number of hydrogen-bond donors (Lipinski definition) is 2. The minimum Gasteiger partial charge on any atom is -0.495 e. The number of aryl methyl sites for hydroxylation is 1. The van der Waals surface area contributed by atoms with E-state index in [0.717, 1.165) is 16.3 Å². The molecule has 2 N–H and O–H groups in total. The van der Waals surface area contributed by atoms with Gasteiger partial charge in [0.25, 0.3) is 0 Å². The number of nitrogens with one attached hydrogen (secondary N) is 2. The zero-order valence-electron chi connectivity index (χ0n) is 15.9. The molecule has 7 heteroatoms. The highest BCUT2D eigenvalue weighted by atomic mass is 32.2. The molecule has 0 unspecified atom stereocenters. The number of anilines is 1. The van der Waals surface area contributed by atoms with E-state index in [1.54, 1.807) is 24.3 Å². The van der Waals surface area contributed by atoms with Crippen LogP contribution in [0.25, 0.3) is 10.8 Å². The quantitative estimate of drug-likeness (QED) is 0.666. The van der Waals surface area contributed by atoms with E-state index >= 15 is 0 Å². The number of hydrogen-bond acceptors (Lipinski definition) is 4. The van der Waals surface area contributed by atoms with Crippen LogP contribution in [0.4, 0.5) is 5.69 Å². The first-order valence-electron chi connectivity index (χ1n) is 8.77. The van der Waals surface area contributed by atoms with Gasteiger partial charge in [-0.25, -0.2) is 8.42 Å². The van der Waals surface area contributed by atoms with E-state index in [1.165, 1.54) is 20.1 Å². The molecule has 3 aromatic carbocycles. The zero-order chi connectivity index (χ0) is 20.3. The van der Waals surface area contributed by atoms with Crippen LogP contribution < -0.4 is 14.8 Å². The van der Waals surface area contributed by atoms with Crippen LogP contribution in [0.5, 0.6) is 5.75 Å². The normalized spacial score (nSPS) is 12.5. The van der Waals surface area contributed by atoms with Crippen molar-refractivity contribution in [1.82, 2.24) is 4.72 Å². The van der Waals surface area contributed by atoms with Crippen molar-refractivity contribution in [1.29, 1.82) is 0 Å². The predicted molar refractivity (Wildman–Crippen MR) is 110 cm³/mol. The van der Waals surface area contributed by atoms with Crippen LogP contribution in [0.15, 0.2) is 65.6 Å². The van der Waals surface area contributed by atoms with Gasteiger partial charge in [-0.3, -0.25) is 4.79 Å². The maximum absolute atomic E-state index is 12.7.